The van der Waals surface area contributed by atoms with Gasteiger partial charge in [0.2, 0.25) is 0 Å². The number of hydrogen-bond donors (Lipinski definition) is 1. The Balaban J connectivity index is 2.00. The molecule has 1 aromatic rings. The Bertz CT molecular complexity index is 358. The van der Waals surface area contributed by atoms with Gasteiger partial charge in [0.25, 0.3) is 0 Å². The predicted octanol–water partition coefficient (Wildman–Crippen LogP) is 3.03. The van der Waals surface area contributed by atoms with Gasteiger partial charge in [0, 0.05) is 18.8 Å². The highest BCUT2D eigenvalue weighted by molar-refractivity contribution is 5.41. The molecule has 3 heteroatoms. The molecule has 94 valence electrons. The molecule has 1 unspecified atom stereocenters. The van der Waals surface area contributed by atoms with Crippen molar-refractivity contribution in [3.8, 4) is 0 Å². The summed E-state index contributed by atoms with van der Waals surface area (Å²) in [4.78, 5) is 2.41. The largest absolute Gasteiger partial charge is 0.399 e. The van der Waals surface area contributed by atoms with E-state index in [1.807, 2.05) is 6.07 Å². The van der Waals surface area contributed by atoms with Crippen LogP contribution in [0.15, 0.2) is 18.2 Å². The third-order valence-corrected chi connectivity index (χ3v) is 3.57. The number of piperidine rings is 1. The molecule has 1 aliphatic heterocycles. The number of nitrogens with zero attached hydrogens (tertiary/aromatic N) is 1. The van der Waals surface area contributed by atoms with Gasteiger partial charge < -0.3 is 5.73 Å². The molecule has 0 aliphatic carbocycles. The van der Waals surface area contributed by atoms with Gasteiger partial charge >= 0.3 is 0 Å². The van der Waals surface area contributed by atoms with Crippen LogP contribution in [0.25, 0.3) is 0 Å². The fourth-order valence-corrected chi connectivity index (χ4v) is 2.65. The second-order valence-corrected chi connectivity index (χ2v) is 5.04. The minimum absolute atomic E-state index is 0.232. The fourth-order valence-electron chi connectivity index (χ4n) is 2.65. The molecule has 1 atom stereocenters. The van der Waals surface area contributed by atoms with Crippen molar-refractivity contribution in [3.05, 3.63) is 29.6 Å². The SMILES string of the molecule is CCC1CCCN(Cc2cc(N)cc(F)c2)C1. The van der Waals surface area contributed by atoms with Crippen LogP contribution in [0.5, 0.6) is 0 Å². The Morgan fingerprint density at radius 1 is 1.41 bits per heavy atom. The van der Waals surface area contributed by atoms with Gasteiger partial charge in [0.15, 0.2) is 0 Å². The first-order valence-electron chi connectivity index (χ1n) is 6.44. The van der Waals surface area contributed by atoms with E-state index in [1.165, 1.54) is 25.3 Å². The summed E-state index contributed by atoms with van der Waals surface area (Å²) in [6.45, 7) is 5.31. The average Bonchev–Trinajstić information content (AvgIpc) is 2.28. The van der Waals surface area contributed by atoms with Crippen LogP contribution in [0, 0.1) is 11.7 Å². The van der Waals surface area contributed by atoms with E-state index in [-0.39, 0.29) is 5.82 Å². The zero-order chi connectivity index (χ0) is 12.3. The van der Waals surface area contributed by atoms with Crippen molar-refractivity contribution >= 4 is 5.69 Å². The van der Waals surface area contributed by atoms with Crippen molar-refractivity contribution < 1.29 is 4.39 Å². The summed E-state index contributed by atoms with van der Waals surface area (Å²) < 4.78 is 13.2. The molecule has 1 aromatic carbocycles. The van der Waals surface area contributed by atoms with E-state index in [1.54, 1.807) is 6.07 Å². The lowest BCUT2D eigenvalue weighted by Crippen LogP contribution is -2.34. The molecular formula is C14H21FN2. The maximum absolute atomic E-state index is 13.2. The zero-order valence-corrected chi connectivity index (χ0v) is 10.5. The van der Waals surface area contributed by atoms with E-state index in [9.17, 15) is 4.39 Å². The third kappa shape index (κ3) is 3.43. The lowest BCUT2D eigenvalue weighted by molar-refractivity contribution is 0.164. The number of nitrogens with two attached hydrogens (primary N) is 1. The minimum Gasteiger partial charge on any atom is -0.399 e. The van der Waals surface area contributed by atoms with Gasteiger partial charge in [-0.05, 0) is 49.1 Å². The van der Waals surface area contributed by atoms with Crippen molar-refractivity contribution in [1.29, 1.82) is 0 Å². The molecule has 2 nitrogen and oxygen atoms in total. The van der Waals surface area contributed by atoms with Crippen molar-refractivity contribution in [2.75, 3.05) is 18.8 Å². The summed E-state index contributed by atoms with van der Waals surface area (Å²) >= 11 is 0. The maximum Gasteiger partial charge on any atom is 0.125 e. The van der Waals surface area contributed by atoms with Crippen LogP contribution in [0.3, 0.4) is 0 Å². The summed E-state index contributed by atoms with van der Waals surface area (Å²) in [7, 11) is 0. The fraction of sp³-hybridized carbons (Fsp3) is 0.571. The van der Waals surface area contributed by atoms with E-state index in [0.717, 1.165) is 31.1 Å². The molecule has 0 bridgehead atoms. The quantitative estimate of drug-likeness (QED) is 0.817. The number of halogens is 1. The summed E-state index contributed by atoms with van der Waals surface area (Å²) in [5.41, 5.74) is 7.16. The van der Waals surface area contributed by atoms with Crippen molar-refractivity contribution in [2.45, 2.75) is 32.7 Å². The number of rotatable bonds is 3. The van der Waals surface area contributed by atoms with E-state index in [2.05, 4.69) is 11.8 Å². The first-order valence-corrected chi connectivity index (χ1v) is 6.44. The van der Waals surface area contributed by atoms with E-state index in [4.69, 9.17) is 5.73 Å². The monoisotopic (exact) mass is 236 g/mol. The van der Waals surface area contributed by atoms with E-state index < -0.39 is 0 Å². The van der Waals surface area contributed by atoms with Gasteiger partial charge in [0.05, 0.1) is 0 Å². The molecule has 0 spiro atoms. The normalized spacial score (nSPS) is 21.6. The molecular weight excluding hydrogens is 215 g/mol. The number of nitrogen functional groups attached to an aromatic ring is 1. The highest BCUT2D eigenvalue weighted by Gasteiger charge is 2.18. The van der Waals surface area contributed by atoms with Crippen LogP contribution in [-0.4, -0.2) is 18.0 Å². The van der Waals surface area contributed by atoms with Gasteiger partial charge in [0.1, 0.15) is 5.82 Å². The zero-order valence-electron chi connectivity index (χ0n) is 10.5. The smallest absolute Gasteiger partial charge is 0.125 e. The lowest BCUT2D eigenvalue weighted by atomic mass is 9.95. The molecule has 0 saturated carbocycles. The average molecular weight is 236 g/mol. The number of likely N-dealkylation sites (tertiary alicyclic amines) is 1. The third-order valence-electron chi connectivity index (χ3n) is 3.57. The standard InChI is InChI=1S/C14H21FN2/c1-2-11-4-3-5-17(9-11)10-12-6-13(15)8-14(16)7-12/h6-8,11H,2-5,9-10,16H2,1H3. The van der Waals surface area contributed by atoms with Crippen LogP contribution in [0.1, 0.15) is 31.7 Å². The Morgan fingerprint density at radius 2 is 2.24 bits per heavy atom. The summed E-state index contributed by atoms with van der Waals surface area (Å²) in [6, 6.07) is 4.83. The molecule has 1 saturated heterocycles. The van der Waals surface area contributed by atoms with Crippen LogP contribution in [0.2, 0.25) is 0 Å². The number of benzene rings is 1. The van der Waals surface area contributed by atoms with Crippen molar-refractivity contribution in [3.63, 3.8) is 0 Å². The molecule has 2 N–H and O–H groups in total. The summed E-state index contributed by atoms with van der Waals surface area (Å²) in [6.07, 6.45) is 3.82. The predicted molar refractivity (Wildman–Crippen MR) is 69.1 cm³/mol. The summed E-state index contributed by atoms with van der Waals surface area (Å²) in [5, 5.41) is 0. The van der Waals surface area contributed by atoms with Gasteiger partial charge in [-0.2, -0.15) is 0 Å². The second kappa shape index (κ2) is 5.50. The minimum atomic E-state index is -0.232. The van der Waals surface area contributed by atoms with Crippen LogP contribution >= 0.6 is 0 Å². The number of hydrogen-bond acceptors (Lipinski definition) is 2. The van der Waals surface area contributed by atoms with Crippen LogP contribution in [-0.2, 0) is 6.54 Å². The molecule has 1 heterocycles. The van der Waals surface area contributed by atoms with Gasteiger partial charge in [-0.3, -0.25) is 4.90 Å². The molecule has 0 aromatic heterocycles. The highest BCUT2D eigenvalue weighted by Crippen LogP contribution is 2.21. The summed E-state index contributed by atoms with van der Waals surface area (Å²) in [5.74, 6) is 0.568. The first kappa shape index (κ1) is 12.4. The van der Waals surface area contributed by atoms with Crippen molar-refractivity contribution in [1.82, 2.24) is 4.90 Å². The Labute approximate surface area is 103 Å². The van der Waals surface area contributed by atoms with Gasteiger partial charge in [-0.1, -0.05) is 13.3 Å². The molecule has 17 heavy (non-hydrogen) atoms. The van der Waals surface area contributed by atoms with Gasteiger partial charge in [-0.15, -0.1) is 0 Å². The van der Waals surface area contributed by atoms with E-state index in [0.29, 0.717) is 5.69 Å². The first-order chi connectivity index (χ1) is 8.17. The molecule has 0 radical (unpaired) electrons. The lowest BCUT2D eigenvalue weighted by Gasteiger charge is -2.32. The molecule has 1 fully saturated rings. The Hall–Kier alpha value is -1.09. The van der Waals surface area contributed by atoms with E-state index >= 15 is 0 Å². The second-order valence-electron chi connectivity index (χ2n) is 5.04. The Morgan fingerprint density at radius 3 is 2.94 bits per heavy atom. The molecule has 2 rings (SSSR count). The van der Waals surface area contributed by atoms with Crippen LogP contribution < -0.4 is 5.73 Å². The molecule has 1 aliphatic rings. The maximum atomic E-state index is 13.2. The Kier molecular flexibility index (Phi) is 4.00. The van der Waals surface area contributed by atoms with Crippen molar-refractivity contribution in [2.24, 2.45) is 5.92 Å². The topological polar surface area (TPSA) is 29.3 Å². The molecule has 0 amide bonds. The van der Waals surface area contributed by atoms with Gasteiger partial charge in [-0.25, -0.2) is 4.39 Å². The highest BCUT2D eigenvalue weighted by atomic mass is 19.1. The number of anilines is 1. The van der Waals surface area contributed by atoms with Crippen LogP contribution in [0.4, 0.5) is 10.1 Å².